The van der Waals surface area contributed by atoms with Crippen LogP contribution in [-0.2, 0) is 4.79 Å². The predicted molar refractivity (Wildman–Crippen MR) is 148 cm³/mol. The Bertz CT molecular complexity index is 881. The van der Waals surface area contributed by atoms with Gasteiger partial charge in [-0.25, -0.2) is 0 Å². The molecule has 2 aliphatic rings. The Balaban J connectivity index is 1.13. The quantitative estimate of drug-likeness (QED) is 0.244. The smallest absolute Gasteiger partial charge is 0.261 e. The molecule has 0 spiro atoms. The number of carbonyl (C=O) groups excluding carboxylic acids is 3. The topological polar surface area (TPSA) is 86.9 Å². The first kappa shape index (κ1) is 29.3. The van der Waals surface area contributed by atoms with E-state index in [1.165, 1.54) is 56.3 Å². The fraction of sp³-hybridized carbons (Fsp3) is 0.700. The Morgan fingerprint density at radius 1 is 0.892 bits per heavy atom. The molecule has 1 aromatic rings. The zero-order chi connectivity index (χ0) is 26.8. The molecule has 3 rings (SSSR count). The first-order valence-electron chi connectivity index (χ1n) is 14.4. The van der Waals surface area contributed by atoms with E-state index in [1.807, 2.05) is 13.8 Å². The molecular formula is C30H48N4O3. The monoisotopic (exact) mass is 512 g/mol. The minimum atomic E-state index is -0.397. The summed E-state index contributed by atoms with van der Waals surface area (Å²) in [6, 6.07) is 7.08. The van der Waals surface area contributed by atoms with Crippen LogP contribution in [0.15, 0.2) is 24.3 Å². The lowest BCUT2D eigenvalue weighted by atomic mass is 9.78. The summed E-state index contributed by atoms with van der Waals surface area (Å²) in [5.41, 5.74) is 6.25. The summed E-state index contributed by atoms with van der Waals surface area (Å²) in [6.07, 6.45) is 12.5. The zero-order valence-corrected chi connectivity index (χ0v) is 23.3. The van der Waals surface area contributed by atoms with Gasteiger partial charge in [-0.05, 0) is 64.0 Å². The molecule has 7 nitrogen and oxygen atoms in total. The highest BCUT2D eigenvalue weighted by atomic mass is 16.2. The van der Waals surface area contributed by atoms with E-state index < -0.39 is 5.41 Å². The van der Waals surface area contributed by atoms with Gasteiger partial charge in [-0.15, -0.1) is 0 Å². The molecule has 0 radical (unpaired) electrons. The first-order chi connectivity index (χ1) is 17.7. The molecule has 0 aliphatic carbocycles. The fourth-order valence-corrected chi connectivity index (χ4v) is 5.61. The van der Waals surface area contributed by atoms with Crippen LogP contribution in [0.4, 0.5) is 0 Å². The van der Waals surface area contributed by atoms with Crippen molar-refractivity contribution in [1.82, 2.24) is 14.7 Å². The van der Waals surface area contributed by atoms with E-state index >= 15 is 0 Å². The van der Waals surface area contributed by atoms with E-state index in [2.05, 4.69) is 16.8 Å². The van der Waals surface area contributed by atoms with Gasteiger partial charge in [0, 0.05) is 25.0 Å². The average molecular weight is 513 g/mol. The van der Waals surface area contributed by atoms with Crippen molar-refractivity contribution in [3.63, 3.8) is 0 Å². The SMILES string of the molecule is CN(CCCCCCCCCCCN1CCC(C(C)(C)C(N)=O)C1)CCN1C(=O)c2ccccc2C1=O. The Hall–Kier alpha value is -2.25. The van der Waals surface area contributed by atoms with Gasteiger partial charge in [0.2, 0.25) is 5.91 Å². The zero-order valence-electron chi connectivity index (χ0n) is 23.3. The van der Waals surface area contributed by atoms with Gasteiger partial charge in [0.15, 0.2) is 0 Å². The van der Waals surface area contributed by atoms with Crippen molar-refractivity contribution >= 4 is 17.7 Å². The van der Waals surface area contributed by atoms with Crippen LogP contribution in [0.5, 0.6) is 0 Å². The van der Waals surface area contributed by atoms with Crippen LogP contribution < -0.4 is 5.73 Å². The molecular weight excluding hydrogens is 464 g/mol. The highest BCUT2D eigenvalue weighted by molar-refractivity contribution is 6.21. The molecule has 2 N–H and O–H groups in total. The molecule has 1 fully saturated rings. The molecule has 1 unspecified atom stereocenters. The van der Waals surface area contributed by atoms with Crippen LogP contribution in [0.25, 0.3) is 0 Å². The first-order valence-corrected chi connectivity index (χ1v) is 14.4. The average Bonchev–Trinajstić information content (AvgIpc) is 3.45. The molecule has 37 heavy (non-hydrogen) atoms. The van der Waals surface area contributed by atoms with Crippen LogP contribution in [-0.4, -0.2) is 78.7 Å². The van der Waals surface area contributed by atoms with Gasteiger partial charge >= 0.3 is 0 Å². The predicted octanol–water partition coefficient (Wildman–Crippen LogP) is 4.56. The van der Waals surface area contributed by atoms with E-state index in [4.69, 9.17) is 5.73 Å². The van der Waals surface area contributed by atoms with Crippen LogP contribution in [0, 0.1) is 11.3 Å². The molecule has 1 atom stereocenters. The number of benzene rings is 1. The highest BCUT2D eigenvalue weighted by Crippen LogP contribution is 2.34. The van der Waals surface area contributed by atoms with Gasteiger partial charge in [-0.2, -0.15) is 0 Å². The lowest BCUT2D eigenvalue weighted by Crippen LogP contribution is -2.39. The molecule has 2 aliphatic heterocycles. The minimum Gasteiger partial charge on any atom is -0.369 e. The molecule has 7 heteroatoms. The number of imide groups is 1. The van der Waals surface area contributed by atoms with Crippen LogP contribution in [0.3, 0.4) is 0 Å². The summed E-state index contributed by atoms with van der Waals surface area (Å²) < 4.78 is 0. The number of hydrogen-bond acceptors (Lipinski definition) is 5. The minimum absolute atomic E-state index is 0.164. The Morgan fingerprint density at radius 2 is 1.43 bits per heavy atom. The third-order valence-electron chi connectivity index (χ3n) is 8.53. The van der Waals surface area contributed by atoms with Crippen molar-refractivity contribution in [3.05, 3.63) is 35.4 Å². The van der Waals surface area contributed by atoms with Crippen molar-refractivity contribution in [2.45, 2.75) is 78.1 Å². The van der Waals surface area contributed by atoms with E-state index in [1.54, 1.807) is 24.3 Å². The van der Waals surface area contributed by atoms with Crippen molar-refractivity contribution in [2.75, 3.05) is 46.3 Å². The van der Waals surface area contributed by atoms with Crippen molar-refractivity contribution in [2.24, 2.45) is 17.1 Å². The summed E-state index contributed by atoms with van der Waals surface area (Å²) in [5, 5.41) is 0. The van der Waals surface area contributed by atoms with Gasteiger partial charge in [0.05, 0.1) is 11.1 Å². The van der Waals surface area contributed by atoms with Gasteiger partial charge in [0.25, 0.3) is 11.8 Å². The number of carbonyl (C=O) groups is 3. The number of nitrogens with zero attached hydrogens (tertiary/aromatic N) is 3. The number of unbranched alkanes of at least 4 members (excludes halogenated alkanes) is 8. The second-order valence-corrected chi connectivity index (χ2v) is 11.7. The maximum absolute atomic E-state index is 12.5. The molecule has 1 aromatic carbocycles. The normalized spacial score (nSPS) is 18.3. The Morgan fingerprint density at radius 3 is 2.00 bits per heavy atom. The number of fused-ring (bicyclic) bond motifs is 1. The molecule has 3 amide bonds. The van der Waals surface area contributed by atoms with Crippen LogP contribution in [0.2, 0.25) is 0 Å². The summed E-state index contributed by atoms with van der Waals surface area (Å²) >= 11 is 0. The maximum Gasteiger partial charge on any atom is 0.261 e. The van der Waals surface area contributed by atoms with Crippen LogP contribution >= 0.6 is 0 Å². The lowest BCUT2D eigenvalue weighted by Gasteiger charge is -2.28. The summed E-state index contributed by atoms with van der Waals surface area (Å²) in [4.78, 5) is 42.7. The number of likely N-dealkylation sites (N-methyl/N-ethyl adjacent to an activating group) is 1. The number of nitrogens with two attached hydrogens (primary N) is 1. The van der Waals surface area contributed by atoms with Crippen LogP contribution in [0.1, 0.15) is 98.8 Å². The van der Waals surface area contributed by atoms with Gasteiger partial charge in [0.1, 0.15) is 0 Å². The number of likely N-dealkylation sites (tertiary alicyclic amines) is 1. The van der Waals surface area contributed by atoms with E-state index in [0.29, 0.717) is 30.1 Å². The van der Waals surface area contributed by atoms with Gasteiger partial charge in [-0.3, -0.25) is 19.3 Å². The fourth-order valence-electron chi connectivity index (χ4n) is 5.61. The summed E-state index contributed by atoms with van der Waals surface area (Å²) in [7, 11) is 2.07. The highest BCUT2D eigenvalue weighted by Gasteiger charge is 2.39. The number of amides is 3. The molecule has 0 bridgehead atoms. The lowest BCUT2D eigenvalue weighted by molar-refractivity contribution is -0.128. The standard InChI is InChI=1S/C30H48N4O3/c1-30(2,29(31)37)24-17-20-33(23-24)19-14-10-8-6-4-5-7-9-13-18-32(3)21-22-34-27(35)25-15-11-12-16-26(25)28(34)36/h11-12,15-16,24H,4-10,13-14,17-23H2,1-3H3,(H2,31,37). The number of rotatable bonds is 17. The molecule has 2 heterocycles. The van der Waals surface area contributed by atoms with Crippen molar-refractivity contribution < 1.29 is 14.4 Å². The molecule has 0 aromatic heterocycles. The van der Waals surface area contributed by atoms with E-state index in [-0.39, 0.29) is 17.7 Å². The maximum atomic E-state index is 12.5. The van der Waals surface area contributed by atoms with Crippen molar-refractivity contribution in [3.8, 4) is 0 Å². The van der Waals surface area contributed by atoms with Gasteiger partial charge < -0.3 is 15.5 Å². The van der Waals surface area contributed by atoms with E-state index in [9.17, 15) is 14.4 Å². The molecule has 1 saturated heterocycles. The van der Waals surface area contributed by atoms with Gasteiger partial charge in [-0.1, -0.05) is 70.9 Å². The summed E-state index contributed by atoms with van der Waals surface area (Å²) in [5.74, 6) is -0.113. The Labute approximate surface area is 223 Å². The second-order valence-electron chi connectivity index (χ2n) is 11.7. The molecule has 0 saturated carbocycles. The van der Waals surface area contributed by atoms with Crippen molar-refractivity contribution in [1.29, 1.82) is 0 Å². The second kappa shape index (κ2) is 14.1. The number of hydrogen-bond donors (Lipinski definition) is 1. The third-order valence-corrected chi connectivity index (χ3v) is 8.53. The molecule has 206 valence electrons. The third kappa shape index (κ3) is 8.11. The Kier molecular flexibility index (Phi) is 11.1. The largest absolute Gasteiger partial charge is 0.369 e. The number of primary amides is 1. The van der Waals surface area contributed by atoms with E-state index in [0.717, 1.165) is 39.0 Å². The summed E-state index contributed by atoms with van der Waals surface area (Å²) in [6.45, 7) is 9.39.